The first-order valence-corrected chi connectivity index (χ1v) is 9.54. The highest BCUT2D eigenvalue weighted by Crippen LogP contribution is 2.29. The highest BCUT2D eigenvalue weighted by atomic mass is 32.2. The molecule has 5 nitrogen and oxygen atoms in total. The second kappa shape index (κ2) is 7.07. The molecule has 1 amide bonds. The van der Waals surface area contributed by atoms with Crippen molar-refractivity contribution in [2.45, 2.75) is 30.2 Å². The van der Waals surface area contributed by atoms with Gasteiger partial charge in [0.2, 0.25) is 5.91 Å². The molecule has 0 bridgehead atoms. The molecule has 2 fully saturated rings. The molecule has 1 aromatic heterocycles. The number of aryl methyl sites for hydroxylation is 1. The maximum atomic E-state index is 12.4. The Bertz CT molecular complexity index is 488. The van der Waals surface area contributed by atoms with Gasteiger partial charge < -0.3 is 10.1 Å². The predicted molar refractivity (Wildman–Crippen MR) is 86.6 cm³/mol. The molecule has 3 atom stereocenters. The Kier molecular flexibility index (Phi) is 5.13. The van der Waals surface area contributed by atoms with Crippen LogP contribution in [0.2, 0.25) is 0 Å². The highest BCUT2D eigenvalue weighted by molar-refractivity contribution is 8.07. The molecular weight excluding hydrogens is 306 g/mol. The molecule has 0 aromatic carbocycles. The van der Waals surface area contributed by atoms with Crippen molar-refractivity contribution >= 4 is 29.4 Å². The second-order valence-corrected chi connectivity index (χ2v) is 7.89. The number of carbonyl (C=O) groups is 1. The van der Waals surface area contributed by atoms with Crippen molar-refractivity contribution in [2.24, 2.45) is 7.05 Å². The van der Waals surface area contributed by atoms with Crippen molar-refractivity contribution in [2.75, 3.05) is 23.9 Å². The molecule has 0 aliphatic carbocycles. The summed E-state index contributed by atoms with van der Waals surface area (Å²) in [6.07, 6.45) is 5.70. The van der Waals surface area contributed by atoms with Gasteiger partial charge in [0.25, 0.3) is 0 Å². The summed E-state index contributed by atoms with van der Waals surface area (Å²) in [4.78, 5) is 12.4. The van der Waals surface area contributed by atoms with Gasteiger partial charge in [-0.15, -0.1) is 11.8 Å². The Balaban J connectivity index is 1.65. The van der Waals surface area contributed by atoms with E-state index in [9.17, 15) is 4.79 Å². The monoisotopic (exact) mass is 327 g/mol. The zero-order valence-electron chi connectivity index (χ0n) is 12.2. The molecule has 116 valence electrons. The number of amides is 1. The van der Waals surface area contributed by atoms with E-state index in [0.717, 1.165) is 42.3 Å². The Hall–Kier alpha value is -0.660. The van der Waals surface area contributed by atoms with Gasteiger partial charge in [-0.05, 0) is 12.8 Å². The van der Waals surface area contributed by atoms with Crippen molar-refractivity contribution in [1.82, 2.24) is 15.1 Å². The first-order chi connectivity index (χ1) is 10.2. The summed E-state index contributed by atoms with van der Waals surface area (Å²) in [6, 6.07) is 0.0583. The molecule has 0 radical (unpaired) electrons. The van der Waals surface area contributed by atoms with Crippen LogP contribution in [0.3, 0.4) is 0 Å². The van der Waals surface area contributed by atoms with E-state index in [0.29, 0.717) is 0 Å². The van der Waals surface area contributed by atoms with E-state index in [1.807, 2.05) is 31.2 Å². The third kappa shape index (κ3) is 3.76. The third-order valence-electron chi connectivity index (χ3n) is 3.81. The molecule has 1 N–H and O–H groups in total. The quantitative estimate of drug-likeness (QED) is 0.914. The summed E-state index contributed by atoms with van der Waals surface area (Å²) in [5.74, 6) is 3.30. The molecular formula is C14H21N3O2S2. The lowest BCUT2D eigenvalue weighted by molar-refractivity contribution is -0.123. The van der Waals surface area contributed by atoms with Gasteiger partial charge in [-0.3, -0.25) is 9.48 Å². The van der Waals surface area contributed by atoms with Gasteiger partial charge in [0, 0.05) is 42.7 Å². The minimum absolute atomic E-state index is 0.0583. The van der Waals surface area contributed by atoms with Gasteiger partial charge in [0.05, 0.1) is 17.5 Å². The number of carbonyl (C=O) groups excluding carboxylic acids is 1. The van der Waals surface area contributed by atoms with Crippen molar-refractivity contribution in [3.05, 3.63) is 18.0 Å². The van der Waals surface area contributed by atoms with Crippen LogP contribution in [0.25, 0.3) is 0 Å². The lowest BCUT2D eigenvalue weighted by Gasteiger charge is -2.33. The van der Waals surface area contributed by atoms with Crippen LogP contribution in [-0.2, 0) is 16.6 Å². The molecule has 2 saturated heterocycles. The van der Waals surface area contributed by atoms with E-state index in [2.05, 4.69) is 10.4 Å². The van der Waals surface area contributed by atoms with E-state index >= 15 is 0 Å². The van der Waals surface area contributed by atoms with Gasteiger partial charge >= 0.3 is 0 Å². The van der Waals surface area contributed by atoms with E-state index in [1.54, 1.807) is 16.4 Å². The average molecular weight is 327 g/mol. The highest BCUT2D eigenvalue weighted by Gasteiger charge is 2.32. The van der Waals surface area contributed by atoms with Crippen molar-refractivity contribution in [3.8, 4) is 0 Å². The van der Waals surface area contributed by atoms with Gasteiger partial charge in [0.15, 0.2) is 0 Å². The molecule has 0 saturated carbocycles. The van der Waals surface area contributed by atoms with Gasteiger partial charge in [0.1, 0.15) is 6.10 Å². The van der Waals surface area contributed by atoms with Crippen LogP contribution < -0.4 is 5.32 Å². The van der Waals surface area contributed by atoms with Gasteiger partial charge in [-0.25, -0.2) is 0 Å². The van der Waals surface area contributed by atoms with Crippen LogP contribution in [0, 0.1) is 0 Å². The zero-order valence-corrected chi connectivity index (χ0v) is 13.8. The van der Waals surface area contributed by atoms with Gasteiger partial charge in [-0.1, -0.05) is 0 Å². The first kappa shape index (κ1) is 15.2. The Morgan fingerprint density at radius 1 is 1.52 bits per heavy atom. The van der Waals surface area contributed by atoms with Crippen molar-refractivity contribution in [1.29, 1.82) is 0 Å². The summed E-state index contributed by atoms with van der Waals surface area (Å²) in [7, 11) is 1.90. The number of nitrogens with zero attached hydrogens (tertiary/aromatic N) is 2. The van der Waals surface area contributed by atoms with Crippen LogP contribution >= 0.6 is 23.5 Å². The summed E-state index contributed by atoms with van der Waals surface area (Å²) in [6.45, 7) is 0.750. The zero-order chi connectivity index (χ0) is 14.7. The summed E-state index contributed by atoms with van der Waals surface area (Å²) < 4.78 is 7.68. The SMILES string of the molecule is Cn1cc([C@H]2OCCC[C@@H]2NC(=O)[C@@H]2CSCCS2)cn1. The second-order valence-electron chi connectivity index (χ2n) is 5.43. The normalized spacial score (nSPS) is 30.0. The molecule has 2 aliphatic rings. The largest absolute Gasteiger partial charge is 0.371 e. The fourth-order valence-corrected chi connectivity index (χ4v) is 5.33. The molecule has 0 spiro atoms. The minimum Gasteiger partial charge on any atom is -0.371 e. The minimum atomic E-state index is -0.0716. The van der Waals surface area contributed by atoms with Crippen molar-refractivity contribution in [3.63, 3.8) is 0 Å². The maximum absolute atomic E-state index is 12.4. The lowest BCUT2D eigenvalue weighted by atomic mass is 9.98. The number of aromatic nitrogens is 2. The Labute approximate surface area is 133 Å². The van der Waals surface area contributed by atoms with Crippen LogP contribution in [0.15, 0.2) is 12.4 Å². The number of nitrogens with one attached hydrogen (secondary N) is 1. The molecule has 3 rings (SSSR count). The van der Waals surface area contributed by atoms with Crippen LogP contribution in [-0.4, -0.2) is 50.8 Å². The standard InChI is InChI=1S/C14H21N3O2S2/c1-17-8-10(7-15-17)13-11(3-2-4-19-13)16-14(18)12-9-20-5-6-21-12/h7-8,11-13H,2-6,9H2,1H3,(H,16,18)/t11-,12-,13+/m0/s1. The Morgan fingerprint density at radius 2 is 2.43 bits per heavy atom. The Morgan fingerprint density at radius 3 is 3.14 bits per heavy atom. The fraction of sp³-hybridized carbons (Fsp3) is 0.714. The molecule has 0 unspecified atom stereocenters. The number of ether oxygens (including phenoxy) is 1. The molecule has 7 heteroatoms. The molecule has 2 aliphatic heterocycles. The van der Waals surface area contributed by atoms with Gasteiger partial charge in [-0.2, -0.15) is 16.9 Å². The smallest absolute Gasteiger partial charge is 0.234 e. The first-order valence-electron chi connectivity index (χ1n) is 7.34. The lowest BCUT2D eigenvalue weighted by Crippen LogP contribution is -2.47. The summed E-state index contributed by atoms with van der Waals surface area (Å²) >= 11 is 3.64. The van der Waals surface area contributed by atoms with Crippen molar-refractivity contribution < 1.29 is 9.53 Å². The van der Waals surface area contributed by atoms with E-state index in [1.165, 1.54) is 0 Å². The van der Waals surface area contributed by atoms with E-state index < -0.39 is 0 Å². The fourth-order valence-electron chi connectivity index (χ4n) is 2.76. The van der Waals surface area contributed by atoms with Crippen LogP contribution in [0.4, 0.5) is 0 Å². The number of thioether (sulfide) groups is 2. The molecule has 3 heterocycles. The third-order valence-corrected chi connectivity index (χ3v) is 6.57. The van der Waals surface area contributed by atoms with Crippen LogP contribution in [0.5, 0.6) is 0 Å². The number of rotatable bonds is 3. The van der Waals surface area contributed by atoms with E-state index in [4.69, 9.17) is 4.74 Å². The summed E-state index contributed by atoms with van der Waals surface area (Å²) in [5.41, 5.74) is 1.05. The summed E-state index contributed by atoms with van der Waals surface area (Å²) in [5, 5.41) is 7.51. The molecule has 21 heavy (non-hydrogen) atoms. The average Bonchev–Trinajstić information content (AvgIpc) is 2.95. The number of hydrogen-bond acceptors (Lipinski definition) is 5. The van der Waals surface area contributed by atoms with E-state index in [-0.39, 0.29) is 23.3 Å². The topological polar surface area (TPSA) is 56.1 Å². The maximum Gasteiger partial charge on any atom is 0.234 e. The predicted octanol–water partition coefficient (Wildman–Crippen LogP) is 1.60. The number of hydrogen-bond donors (Lipinski definition) is 1. The molecule has 1 aromatic rings. The van der Waals surface area contributed by atoms with Crippen LogP contribution in [0.1, 0.15) is 24.5 Å².